The minimum atomic E-state index is -0.427. The van der Waals surface area contributed by atoms with Crippen LogP contribution in [0, 0.1) is 17.2 Å². The van der Waals surface area contributed by atoms with Gasteiger partial charge in [0, 0.05) is 29.6 Å². The van der Waals surface area contributed by atoms with Crippen molar-refractivity contribution in [3.8, 4) is 23.1 Å². The van der Waals surface area contributed by atoms with Gasteiger partial charge >= 0.3 is 6.09 Å². The number of nitriles is 1. The number of nitrogens with one attached hydrogen (secondary N) is 1. The van der Waals surface area contributed by atoms with Gasteiger partial charge < -0.3 is 18.8 Å². The Hall–Kier alpha value is -3.50. The Labute approximate surface area is 210 Å². The topological polar surface area (TPSA) is 85.5 Å². The van der Waals surface area contributed by atoms with E-state index >= 15 is 0 Å². The van der Waals surface area contributed by atoms with E-state index in [1.807, 2.05) is 43.3 Å². The third-order valence-corrected chi connectivity index (χ3v) is 7.70. The van der Waals surface area contributed by atoms with E-state index in [2.05, 4.69) is 22.0 Å². The summed E-state index contributed by atoms with van der Waals surface area (Å²) in [5.41, 5.74) is 4.25. The summed E-state index contributed by atoms with van der Waals surface area (Å²) in [6, 6.07) is 16.5. The first-order chi connectivity index (χ1) is 17.6. The Bertz CT molecular complexity index is 1310. The number of nitrogens with zero attached hydrogens (tertiary/aromatic N) is 2. The molecule has 0 spiro atoms. The van der Waals surface area contributed by atoms with Gasteiger partial charge in [0.05, 0.1) is 30.0 Å². The van der Waals surface area contributed by atoms with Gasteiger partial charge in [0.15, 0.2) is 0 Å². The molecule has 3 fully saturated rings. The highest BCUT2D eigenvalue weighted by Gasteiger charge is 2.31. The Kier molecular flexibility index (Phi) is 6.06. The quantitative estimate of drug-likeness (QED) is 0.417. The summed E-state index contributed by atoms with van der Waals surface area (Å²) in [6.45, 7) is 3.29. The van der Waals surface area contributed by atoms with Crippen LogP contribution in [0.25, 0.3) is 22.2 Å². The maximum Gasteiger partial charge on any atom is 0.411 e. The van der Waals surface area contributed by atoms with Crippen LogP contribution in [0.5, 0.6) is 5.75 Å². The van der Waals surface area contributed by atoms with Gasteiger partial charge in [-0.3, -0.25) is 5.32 Å². The van der Waals surface area contributed by atoms with Gasteiger partial charge in [0.2, 0.25) is 0 Å². The van der Waals surface area contributed by atoms with E-state index in [9.17, 15) is 10.1 Å². The molecule has 3 aliphatic rings. The fraction of sp³-hybridized carbons (Fsp3) is 0.448. The first kappa shape index (κ1) is 22.9. The zero-order chi connectivity index (χ0) is 24.6. The van der Waals surface area contributed by atoms with E-state index in [0.29, 0.717) is 29.8 Å². The fourth-order valence-corrected chi connectivity index (χ4v) is 5.27. The Morgan fingerprint density at radius 1 is 1.14 bits per heavy atom. The van der Waals surface area contributed by atoms with Gasteiger partial charge in [-0.05, 0) is 74.8 Å². The molecule has 2 aromatic carbocycles. The Morgan fingerprint density at radius 2 is 1.94 bits per heavy atom. The molecule has 2 heterocycles. The fourth-order valence-electron chi connectivity index (χ4n) is 5.27. The molecular formula is C29H31N3O4. The number of ether oxygens (including phenoxy) is 3. The summed E-state index contributed by atoms with van der Waals surface area (Å²) in [5.74, 6) is 1.30. The lowest BCUT2D eigenvalue weighted by Gasteiger charge is -2.30. The maximum atomic E-state index is 12.3. The van der Waals surface area contributed by atoms with Crippen molar-refractivity contribution in [2.75, 3.05) is 18.5 Å². The van der Waals surface area contributed by atoms with E-state index in [1.54, 1.807) is 0 Å². The van der Waals surface area contributed by atoms with Gasteiger partial charge in [0.25, 0.3) is 0 Å². The molecule has 1 N–H and O–H groups in total. The van der Waals surface area contributed by atoms with Crippen molar-refractivity contribution < 1.29 is 19.0 Å². The molecule has 0 bridgehead atoms. The van der Waals surface area contributed by atoms with Crippen LogP contribution in [-0.2, 0) is 9.47 Å². The van der Waals surface area contributed by atoms with Gasteiger partial charge in [0.1, 0.15) is 24.0 Å². The lowest BCUT2D eigenvalue weighted by molar-refractivity contribution is 0.108. The highest BCUT2D eigenvalue weighted by molar-refractivity contribution is 5.96. The highest BCUT2D eigenvalue weighted by Crippen LogP contribution is 2.43. The SMILES string of the molecule is C[C@@H](OC(=O)Nc1ccc(-c2c(C#N)c3ccc(O[C@H]4CCOC4)cc3n2C2CCC2)cc1)C1CC1. The van der Waals surface area contributed by atoms with E-state index in [-0.39, 0.29) is 12.2 Å². The predicted molar refractivity (Wildman–Crippen MR) is 137 cm³/mol. The van der Waals surface area contributed by atoms with Crippen molar-refractivity contribution in [1.82, 2.24) is 4.57 Å². The molecule has 1 aromatic heterocycles. The van der Waals surface area contributed by atoms with E-state index < -0.39 is 6.09 Å². The van der Waals surface area contributed by atoms with Crippen LogP contribution in [0.15, 0.2) is 42.5 Å². The first-order valence-corrected chi connectivity index (χ1v) is 13.0. The van der Waals surface area contributed by atoms with Crippen molar-refractivity contribution in [2.45, 2.75) is 63.7 Å². The van der Waals surface area contributed by atoms with Crippen LogP contribution in [0.4, 0.5) is 10.5 Å². The molecule has 36 heavy (non-hydrogen) atoms. The summed E-state index contributed by atoms with van der Waals surface area (Å²) < 4.78 is 19.5. The average Bonchev–Trinajstić information content (AvgIpc) is 3.50. The number of carbonyl (C=O) groups excluding carboxylic acids is 1. The van der Waals surface area contributed by atoms with Crippen LogP contribution in [0.2, 0.25) is 0 Å². The van der Waals surface area contributed by atoms with Gasteiger partial charge in [-0.2, -0.15) is 5.26 Å². The third kappa shape index (κ3) is 4.42. The van der Waals surface area contributed by atoms with Crippen molar-refractivity contribution in [3.05, 3.63) is 48.0 Å². The molecule has 0 radical (unpaired) electrons. The lowest BCUT2D eigenvalue weighted by atomic mass is 9.92. The number of hydrogen-bond acceptors (Lipinski definition) is 5. The molecule has 1 amide bonds. The number of fused-ring (bicyclic) bond motifs is 1. The van der Waals surface area contributed by atoms with Crippen molar-refractivity contribution in [3.63, 3.8) is 0 Å². The zero-order valence-corrected chi connectivity index (χ0v) is 20.5. The summed E-state index contributed by atoms with van der Waals surface area (Å²) >= 11 is 0. The summed E-state index contributed by atoms with van der Waals surface area (Å²) in [6.07, 6.45) is 6.10. The summed E-state index contributed by atoms with van der Waals surface area (Å²) in [5, 5.41) is 14.0. The summed E-state index contributed by atoms with van der Waals surface area (Å²) in [7, 11) is 0. The molecule has 2 aliphatic carbocycles. The number of carbonyl (C=O) groups is 1. The first-order valence-electron chi connectivity index (χ1n) is 13.0. The zero-order valence-electron chi connectivity index (χ0n) is 20.5. The Morgan fingerprint density at radius 3 is 2.58 bits per heavy atom. The van der Waals surface area contributed by atoms with Crippen LogP contribution < -0.4 is 10.1 Å². The number of amides is 1. The molecule has 2 atom stereocenters. The second-order valence-electron chi connectivity index (χ2n) is 10.2. The van der Waals surface area contributed by atoms with E-state index in [0.717, 1.165) is 66.6 Å². The maximum absolute atomic E-state index is 12.3. The number of anilines is 1. The molecular weight excluding hydrogens is 454 g/mol. The molecule has 2 saturated carbocycles. The highest BCUT2D eigenvalue weighted by atomic mass is 16.6. The molecule has 1 aliphatic heterocycles. The number of aromatic nitrogens is 1. The molecule has 3 aromatic rings. The predicted octanol–water partition coefficient (Wildman–Crippen LogP) is 6.42. The van der Waals surface area contributed by atoms with Gasteiger partial charge in [-0.15, -0.1) is 0 Å². The van der Waals surface area contributed by atoms with Crippen LogP contribution >= 0.6 is 0 Å². The molecule has 0 unspecified atom stereocenters. The smallest absolute Gasteiger partial charge is 0.411 e. The molecule has 6 rings (SSSR count). The largest absolute Gasteiger partial charge is 0.488 e. The van der Waals surface area contributed by atoms with Crippen molar-refractivity contribution in [1.29, 1.82) is 5.26 Å². The second kappa shape index (κ2) is 9.51. The van der Waals surface area contributed by atoms with Crippen molar-refractivity contribution in [2.24, 2.45) is 5.92 Å². The molecule has 7 heteroatoms. The average molecular weight is 486 g/mol. The monoisotopic (exact) mass is 485 g/mol. The van der Waals surface area contributed by atoms with Gasteiger partial charge in [-0.1, -0.05) is 12.1 Å². The lowest BCUT2D eigenvalue weighted by Crippen LogP contribution is -2.21. The van der Waals surface area contributed by atoms with Crippen LogP contribution in [0.1, 0.15) is 57.1 Å². The van der Waals surface area contributed by atoms with Gasteiger partial charge in [-0.25, -0.2) is 4.79 Å². The number of rotatable bonds is 7. The molecule has 1 saturated heterocycles. The normalized spacial score (nSPS) is 20.5. The number of hydrogen-bond donors (Lipinski definition) is 1. The van der Waals surface area contributed by atoms with Crippen LogP contribution in [-0.4, -0.2) is 36.1 Å². The molecule has 7 nitrogen and oxygen atoms in total. The molecule has 186 valence electrons. The van der Waals surface area contributed by atoms with Crippen LogP contribution in [0.3, 0.4) is 0 Å². The van der Waals surface area contributed by atoms with E-state index in [1.165, 1.54) is 6.42 Å². The summed E-state index contributed by atoms with van der Waals surface area (Å²) in [4.78, 5) is 12.3. The second-order valence-corrected chi connectivity index (χ2v) is 10.2. The minimum Gasteiger partial charge on any atom is -0.488 e. The minimum absolute atomic E-state index is 0.0595. The third-order valence-electron chi connectivity index (χ3n) is 7.70. The van der Waals surface area contributed by atoms with Crippen molar-refractivity contribution >= 4 is 22.7 Å². The van der Waals surface area contributed by atoms with E-state index in [4.69, 9.17) is 14.2 Å². The number of benzene rings is 2. The Balaban J connectivity index is 1.31. The standard InChI is InChI=1S/C29H31N3O4/c1-18(19-5-6-19)35-29(33)31-21-9-7-20(8-10-21)28-26(16-30)25-12-11-23(36-24-13-14-34-17-24)15-27(25)32(28)22-3-2-4-22/h7-12,15,18-19,22,24H,2-6,13-14,17H2,1H3,(H,31,33)/t18-,24+/m1/s1.